The van der Waals surface area contributed by atoms with Crippen LogP contribution in [0.1, 0.15) is 48.3 Å². The number of unbranched alkanes of at least 4 members (excludes halogenated alkanes) is 1. The number of halogens is 7. The zero-order valence-corrected chi connectivity index (χ0v) is 23.4. The third-order valence-electron chi connectivity index (χ3n) is 5.24. The van der Waals surface area contributed by atoms with E-state index >= 15 is 0 Å². The molecule has 5 nitrogen and oxygen atoms in total. The minimum atomic E-state index is -3.91. The molecule has 2 aromatic carbocycles. The SMILES string of the molecule is CC(C)CC(=O)SCCCCO[P+](=O)C(F)(F)c1ccc2sc(C(=O)Oc3c(F)c(F)c(F)c(F)c3F)cc2c1. The van der Waals surface area contributed by atoms with E-state index in [-0.39, 0.29) is 32.6 Å². The number of carbonyl (C=O) groups is 2. The molecule has 216 valence electrons. The number of alkyl halides is 2. The number of rotatable bonds is 12. The van der Waals surface area contributed by atoms with E-state index in [4.69, 9.17) is 4.52 Å². The number of carbonyl (C=O) groups excluding carboxylic acids is 2. The smallest absolute Gasteiger partial charge is 0.416 e. The summed E-state index contributed by atoms with van der Waals surface area (Å²) >= 11 is 1.79. The number of benzene rings is 2. The van der Waals surface area contributed by atoms with Gasteiger partial charge in [-0.25, -0.2) is 18.0 Å². The maximum atomic E-state index is 14.8. The number of thioether (sulfide) groups is 1. The fourth-order valence-electron chi connectivity index (χ4n) is 3.26. The summed E-state index contributed by atoms with van der Waals surface area (Å²) in [5.41, 5.74) is -4.61. The molecule has 0 fully saturated rings. The molecular weight excluding hydrogens is 608 g/mol. The highest BCUT2D eigenvalue weighted by molar-refractivity contribution is 8.13. The second kappa shape index (κ2) is 13.4. The third-order valence-corrected chi connectivity index (χ3v) is 8.46. The van der Waals surface area contributed by atoms with Gasteiger partial charge in [0.2, 0.25) is 34.8 Å². The van der Waals surface area contributed by atoms with Crippen LogP contribution in [0.3, 0.4) is 0 Å². The van der Waals surface area contributed by atoms with Crippen molar-refractivity contribution >= 4 is 52.3 Å². The summed E-state index contributed by atoms with van der Waals surface area (Å²) in [4.78, 5) is 23.6. The van der Waals surface area contributed by atoms with E-state index in [0.29, 0.717) is 36.4 Å². The van der Waals surface area contributed by atoms with E-state index < -0.39 is 60.1 Å². The van der Waals surface area contributed by atoms with Crippen LogP contribution < -0.4 is 4.74 Å². The monoisotopic (exact) mass is 629 g/mol. The van der Waals surface area contributed by atoms with Crippen LogP contribution in [0.2, 0.25) is 0 Å². The molecule has 15 heteroatoms. The largest absolute Gasteiger partial charge is 0.591 e. The van der Waals surface area contributed by atoms with Gasteiger partial charge in [-0.15, -0.1) is 24.6 Å². The van der Waals surface area contributed by atoms with Crippen molar-refractivity contribution in [3.05, 3.63) is 63.8 Å². The molecule has 1 heterocycles. The number of hydrogen-bond acceptors (Lipinski definition) is 7. The molecule has 0 saturated heterocycles. The van der Waals surface area contributed by atoms with Crippen LogP contribution in [0.15, 0.2) is 24.3 Å². The molecule has 3 rings (SSSR count). The van der Waals surface area contributed by atoms with Crippen molar-refractivity contribution in [1.82, 2.24) is 0 Å². The lowest BCUT2D eigenvalue weighted by Gasteiger charge is -2.07. The molecule has 0 spiro atoms. The molecule has 0 amide bonds. The third kappa shape index (κ3) is 7.39. The first kappa shape index (κ1) is 32.0. The molecule has 1 aromatic heterocycles. The molecule has 0 aliphatic rings. The summed E-state index contributed by atoms with van der Waals surface area (Å²) in [7, 11) is -3.49. The first-order valence-corrected chi connectivity index (χ1v) is 14.6. The zero-order valence-electron chi connectivity index (χ0n) is 20.9. The van der Waals surface area contributed by atoms with E-state index in [1.54, 1.807) is 0 Å². The first-order valence-electron chi connectivity index (χ1n) is 11.6. The molecule has 0 aliphatic carbocycles. The van der Waals surface area contributed by atoms with Crippen LogP contribution in [0, 0.1) is 35.0 Å². The second-order valence-corrected chi connectivity index (χ2v) is 12.4. The van der Waals surface area contributed by atoms with Gasteiger partial charge in [0.05, 0.1) is 5.56 Å². The Labute approximate surface area is 232 Å². The average molecular weight is 630 g/mol. The summed E-state index contributed by atoms with van der Waals surface area (Å²) < 4.78 is 119. The van der Waals surface area contributed by atoms with E-state index in [9.17, 15) is 44.9 Å². The summed E-state index contributed by atoms with van der Waals surface area (Å²) in [5.74, 6) is -14.3. The van der Waals surface area contributed by atoms with Crippen molar-refractivity contribution in [3.8, 4) is 5.75 Å². The van der Waals surface area contributed by atoms with Crippen molar-refractivity contribution in [2.45, 2.75) is 38.8 Å². The van der Waals surface area contributed by atoms with E-state index in [1.807, 2.05) is 13.8 Å². The van der Waals surface area contributed by atoms with Crippen molar-refractivity contribution in [3.63, 3.8) is 0 Å². The molecule has 3 aromatic rings. The Morgan fingerprint density at radius 3 is 2.23 bits per heavy atom. The average Bonchev–Trinajstić information content (AvgIpc) is 3.34. The molecule has 0 bridgehead atoms. The van der Waals surface area contributed by atoms with Gasteiger partial charge < -0.3 is 4.74 Å². The predicted octanol–water partition coefficient (Wildman–Crippen LogP) is 8.71. The predicted molar refractivity (Wildman–Crippen MR) is 137 cm³/mol. The summed E-state index contributed by atoms with van der Waals surface area (Å²) in [6.07, 6.45) is 1.23. The number of thiophene rings is 1. The quantitative estimate of drug-likeness (QED) is 0.0380. The van der Waals surface area contributed by atoms with E-state index in [0.717, 1.165) is 30.0 Å². The maximum Gasteiger partial charge on any atom is 0.591 e. The van der Waals surface area contributed by atoms with Crippen LogP contribution in [-0.2, 0) is 19.5 Å². The molecule has 0 saturated carbocycles. The minimum Gasteiger partial charge on any atom is -0.416 e. The Balaban J connectivity index is 1.64. The maximum absolute atomic E-state index is 14.8. The fraction of sp³-hybridized carbons (Fsp3) is 0.360. The fourth-order valence-corrected chi connectivity index (χ4v) is 6.02. The summed E-state index contributed by atoms with van der Waals surface area (Å²) in [6.45, 7) is 3.61. The Morgan fingerprint density at radius 2 is 1.60 bits per heavy atom. The van der Waals surface area contributed by atoms with Gasteiger partial charge in [0.1, 0.15) is 11.5 Å². The lowest BCUT2D eigenvalue weighted by atomic mass is 10.1. The highest BCUT2D eigenvalue weighted by atomic mass is 32.2. The number of fused-ring (bicyclic) bond motifs is 1. The van der Waals surface area contributed by atoms with Crippen molar-refractivity contribution in [2.24, 2.45) is 5.92 Å². The summed E-state index contributed by atoms with van der Waals surface area (Å²) in [6, 6.07) is 4.06. The molecule has 0 aliphatic heterocycles. The second-order valence-electron chi connectivity index (χ2n) is 8.81. The molecule has 0 radical (unpaired) electrons. The van der Waals surface area contributed by atoms with Crippen LogP contribution in [0.5, 0.6) is 5.75 Å². The Bertz CT molecular complexity index is 1420. The van der Waals surface area contributed by atoms with Crippen LogP contribution in [-0.4, -0.2) is 23.4 Å². The zero-order chi connectivity index (χ0) is 29.8. The highest BCUT2D eigenvalue weighted by Crippen LogP contribution is 2.51. The Kier molecular flexibility index (Phi) is 10.7. The van der Waals surface area contributed by atoms with Crippen molar-refractivity contribution in [2.75, 3.05) is 12.4 Å². The van der Waals surface area contributed by atoms with E-state index in [1.165, 1.54) is 6.07 Å². The standard InChI is InChI=1S/C25H21F7O5PS2/c1-12(2)9-17(33)39-8-4-3-7-36-38(35)25(31,32)14-5-6-15-13(10-14)11-16(40-15)24(34)37-23-21(29)19(27)18(26)20(28)22(23)30/h5-6,10-12H,3-4,7-9H2,1-2H3/q+1. The minimum absolute atomic E-state index is 0.0337. The van der Waals surface area contributed by atoms with Crippen LogP contribution in [0.25, 0.3) is 10.1 Å². The Hall–Kier alpha value is -2.54. The molecule has 1 atom stereocenters. The number of esters is 1. The van der Waals surface area contributed by atoms with Gasteiger partial charge in [0.25, 0.3) is 0 Å². The van der Waals surface area contributed by atoms with E-state index in [2.05, 4.69) is 4.74 Å². The van der Waals surface area contributed by atoms with Crippen molar-refractivity contribution in [1.29, 1.82) is 0 Å². The van der Waals surface area contributed by atoms with Gasteiger partial charge in [-0.3, -0.25) is 4.79 Å². The molecule has 0 N–H and O–H groups in total. The highest BCUT2D eigenvalue weighted by Gasteiger charge is 2.55. The van der Waals surface area contributed by atoms with Crippen molar-refractivity contribution < 1.29 is 54.1 Å². The number of ether oxygens (including phenoxy) is 1. The van der Waals surface area contributed by atoms with Gasteiger partial charge >= 0.3 is 19.7 Å². The summed E-state index contributed by atoms with van der Waals surface area (Å²) in [5, 5.41) is 0.0735. The van der Waals surface area contributed by atoms with Gasteiger partial charge in [-0.05, 0) is 53.0 Å². The lowest BCUT2D eigenvalue weighted by molar-refractivity contribution is -0.111. The molecule has 40 heavy (non-hydrogen) atoms. The normalized spacial score (nSPS) is 12.3. The molecular formula is C25H21F7O5PS2+. The topological polar surface area (TPSA) is 69.7 Å². The first-order chi connectivity index (χ1) is 18.7. The van der Waals surface area contributed by atoms with Crippen LogP contribution in [0.4, 0.5) is 30.7 Å². The lowest BCUT2D eigenvalue weighted by Crippen LogP contribution is -2.12. The van der Waals surface area contributed by atoms with Gasteiger partial charge in [-0.1, -0.05) is 25.6 Å². The number of hydrogen-bond donors (Lipinski definition) is 0. The van der Waals surface area contributed by atoms with Crippen LogP contribution >= 0.6 is 31.1 Å². The van der Waals surface area contributed by atoms with Gasteiger partial charge in [-0.2, -0.15) is 8.78 Å². The Morgan fingerprint density at radius 1 is 0.975 bits per heavy atom. The van der Waals surface area contributed by atoms with Gasteiger partial charge in [0, 0.05) is 16.9 Å². The van der Waals surface area contributed by atoms with Gasteiger partial charge in [0.15, 0.2) is 5.12 Å². The molecule has 1 unspecified atom stereocenters.